The highest BCUT2D eigenvalue weighted by molar-refractivity contribution is 6.30. The molecule has 130 valence electrons. The molecule has 1 saturated carbocycles. The molecule has 3 rings (SSSR count). The van der Waals surface area contributed by atoms with Gasteiger partial charge in [-0.25, -0.2) is 0 Å². The van der Waals surface area contributed by atoms with Crippen LogP contribution in [-0.2, 0) is 9.59 Å². The lowest BCUT2D eigenvalue weighted by Crippen LogP contribution is -2.52. The summed E-state index contributed by atoms with van der Waals surface area (Å²) < 4.78 is 0. The van der Waals surface area contributed by atoms with Crippen molar-refractivity contribution in [3.63, 3.8) is 0 Å². The summed E-state index contributed by atoms with van der Waals surface area (Å²) >= 11 is 6.04. The number of piperazine rings is 1. The van der Waals surface area contributed by atoms with Crippen molar-refractivity contribution in [2.24, 2.45) is 11.8 Å². The van der Waals surface area contributed by atoms with Gasteiger partial charge in [-0.1, -0.05) is 30.5 Å². The van der Waals surface area contributed by atoms with Crippen LogP contribution in [0.25, 0.3) is 0 Å². The number of carboxylic acids is 1. The molecule has 2 aliphatic rings. The number of benzene rings is 1. The maximum Gasteiger partial charge on any atom is 0.307 e. The summed E-state index contributed by atoms with van der Waals surface area (Å²) in [5, 5.41) is 10.1. The molecular weight excluding hydrogens is 328 g/mol. The van der Waals surface area contributed by atoms with Gasteiger partial charge in [-0.3, -0.25) is 9.59 Å². The minimum Gasteiger partial charge on any atom is -0.481 e. The SMILES string of the molecule is O=C(O)[C@@H]1CCCC[C@H]1C(=O)N1CCN(c2cccc(Cl)c2)CC1. The van der Waals surface area contributed by atoms with Gasteiger partial charge in [0.25, 0.3) is 0 Å². The van der Waals surface area contributed by atoms with Crippen LogP contribution in [0.2, 0.25) is 5.02 Å². The first-order valence-corrected chi connectivity index (χ1v) is 8.96. The summed E-state index contributed by atoms with van der Waals surface area (Å²) in [6.45, 7) is 2.76. The number of aliphatic carboxylic acids is 1. The van der Waals surface area contributed by atoms with E-state index in [0.29, 0.717) is 31.0 Å². The minimum atomic E-state index is -0.828. The van der Waals surface area contributed by atoms with E-state index in [1.165, 1.54) is 0 Å². The zero-order valence-corrected chi connectivity index (χ0v) is 14.4. The molecule has 1 aliphatic carbocycles. The molecule has 1 amide bonds. The van der Waals surface area contributed by atoms with E-state index in [2.05, 4.69) is 4.90 Å². The maximum atomic E-state index is 12.8. The van der Waals surface area contributed by atoms with Crippen LogP contribution < -0.4 is 4.90 Å². The largest absolute Gasteiger partial charge is 0.481 e. The average Bonchev–Trinajstić information content (AvgIpc) is 2.61. The second kappa shape index (κ2) is 7.43. The summed E-state index contributed by atoms with van der Waals surface area (Å²) in [4.78, 5) is 28.3. The molecule has 1 N–H and O–H groups in total. The average molecular weight is 351 g/mol. The van der Waals surface area contributed by atoms with Gasteiger partial charge < -0.3 is 14.9 Å². The van der Waals surface area contributed by atoms with Crippen molar-refractivity contribution in [2.75, 3.05) is 31.1 Å². The quantitative estimate of drug-likeness (QED) is 0.910. The fourth-order valence-electron chi connectivity index (χ4n) is 3.81. The van der Waals surface area contributed by atoms with E-state index < -0.39 is 11.9 Å². The molecule has 6 heteroatoms. The molecular formula is C18H23ClN2O3. The minimum absolute atomic E-state index is 0.0212. The van der Waals surface area contributed by atoms with Gasteiger partial charge in [0.1, 0.15) is 0 Å². The second-order valence-corrected chi connectivity index (χ2v) is 7.06. The van der Waals surface area contributed by atoms with Gasteiger partial charge in [0.15, 0.2) is 0 Å². The Morgan fingerprint density at radius 2 is 1.71 bits per heavy atom. The Bertz CT molecular complexity index is 614. The van der Waals surface area contributed by atoms with E-state index in [1.807, 2.05) is 29.2 Å². The maximum absolute atomic E-state index is 12.8. The zero-order chi connectivity index (χ0) is 17.1. The number of rotatable bonds is 3. The third-order valence-electron chi connectivity index (χ3n) is 5.17. The Balaban J connectivity index is 1.61. The van der Waals surface area contributed by atoms with Crippen LogP contribution in [0, 0.1) is 11.8 Å². The van der Waals surface area contributed by atoms with Crippen LogP contribution in [0.4, 0.5) is 5.69 Å². The lowest BCUT2D eigenvalue weighted by atomic mass is 9.78. The molecule has 1 heterocycles. The van der Waals surface area contributed by atoms with Gasteiger partial charge in [0, 0.05) is 36.9 Å². The highest BCUT2D eigenvalue weighted by Gasteiger charge is 2.38. The number of carbonyl (C=O) groups excluding carboxylic acids is 1. The zero-order valence-electron chi connectivity index (χ0n) is 13.7. The molecule has 24 heavy (non-hydrogen) atoms. The summed E-state index contributed by atoms with van der Waals surface area (Å²) in [7, 11) is 0. The predicted molar refractivity (Wildman–Crippen MR) is 93.3 cm³/mol. The van der Waals surface area contributed by atoms with Gasteiger partial charge in [-0.05, 0) is 31.0 Å². The number of hydrogen-bond donors (Lipinski definition) is 1. The van der Waals surface area contributed by atoms with Crippen LogP contribution in [-0.4, -0.2) is 48.1 Å². The normalized spacial score (nSPS) is 24.7. The number of hydrogen-bond acceptors (Lipinski definition) is 3. The number of nitrogens with zero attached hydrogens (tertiary/aromatic N) is 2. The Hall–Kier alpha value is -1.75. The van der Waals surface area contributed by atoms with Gasteiger partial charge in [-0.2, -0.15) is 0 Å². The third kappa shape index (κ3) is 3.66. The van der Waals surface area contributed by atoms with E-state index in [0.717, 1.165) is 31.6 Å². The number of carbonyl (C=O) groups is 2. The van der Waals surface area contributed by atoms with Gasteiger partial charge in [-0.15, -0.1) is 0 Å². The first-order chi connectivity index (χ1) is 11.6. The Morgan fingerprint density at radius 3 is 2.33 bits per heavy atom. The van der Waals surface area contributed by atoms with E-state index in [1.54, 1.807) is 0 Å². The number of amides is 1. The Kier molecular flexibility index (Phi) is 5.29. The lowest BCUT2D eigenvalue weighted by Gasteiger charge is -2.39. The molecule has 2 atom stereocenters. The van der Waals surface area contributed by atoms with E-state index in [-0.39, 0.29) is 11.8 Å². The molecule has 1 aromatic rings. The van der Waals surface area contributed by atoms with Crippen molar-refractivity contribution in [3.8, 4) is 0 Å². The summed E-state index contributed by atoms with van der Waals surface area (Å²) in [5.74, 6) is -1.68. The molecule has 5 nitrogen and oxygen atoms in total. The van der Waals surface area contributed by atoms with Gasteiger partial charge in [0.2, 0.25) is 5.91 Å². The molecule has 0 unspecified atom stereocenters. The third-order valence-corrected chi connectivity index (χ3v) is 5.40. The van der Waals surface area contributed by atoms with Crippen molar-refractivity contribution in [3.05, 3.63) is 29.3 Å². The van der Waals surface area contributed by atoms with Crippen LogP contribution >= 0.6 is 11.6 Å². The standard InChI is InChI=1S/C18H23ClN2O3/c19-13-4-3-5-14(12-13)20-8-10-21(11-9-20)17(22)15-6-1-2-7-16(15)18(23)24/h3-5,12,15-16H,1-2,6-11H2,(H,23,24)/t15-,16-/m1/s1. The van der Waals surface area contributed by atoms with Crippen molar-refractivity contribution >= 4 is 29.2 Å². The van der Waals surface area contributed by atoms with Crippen LogP contribution in [0.15, 0.2) is 24.3 Å². The lowest BCUT2D eigenvalue weighted by molar-refractivity contribution is -0.152. The van der Waals surface area contributed by atoms with Crippen LogP contribution in [0.5, 0.6) is 0 Å². The monoisotopic (exact) mass is 350 g/mol. The second-order valence-electron chi connectivity index (χ2n) is 6.63. The highest BCUT2D eigenvalue weighted by Crippen LogP contribution is 2.32. The van der Waals surface area contributed by atoms with E-state index in [9.17, 15) is 14.7 Å². The first kappa shape index (κ1) is 17.1. The number of anilines is 1. The molecule has 2 fully saturated rings. The topological polar surface area (TPSA) is 60.9 Å². The molecule has 0 radical (unpaired) electrons. The van der Waals surface area contributed by atoms with Crippen LogP contribution in [0.1, 0.15) is 25.7 Å². The van der Waals surface area contributed by atoms with Crippen molar-refractivity contribution in [1.82, 2.24) is 4.90 Å². The Labute approximate surface area is 147 Å². The summed E-state index contributed by atoms with van der Waals surface area (Å²) in [6, 6.07) is 7.72. The smallest absolute Gasteiger partial charge is 0.307 e. The predicted octanol–water partition coefficient (Wildman–Crippen LogP) is 2.88. The Morgan fingerprint density at radius 1 is 1.04 bits per heavy atom. The van der Waals surface area contributed by atoms with E-state index >= 15 is 0 Å². The molecule has 1 saturated heterocycles. The van der Waals surface area contributed by atoms with Gasteiger partial charge >= 0.3 is 5.97 Å². The van der Waals surface area contributed by atoms with Gasteiger partial charge in [0.05, 0.1) is 11.8 Å². The van der Waals surface area contributed by atoms with Crippen molar-refractivity contribution < 1.29 is 14.7 Å². The molecule has 0 bridgehead atoms. The van der Waals surface area contributed by atoms with E-state index in [4.69, 9.17) is 11.6 Å². The van der Waals surface area contributed by atoms with Crippen LogP contribution in [0.3, 0.4) is 0 Å². The molecule has 1 aromatic carbocycles. The number of halogens is 1. The fraction of sp³-hybridized carbons (Fsp3) is 0.556. The molecule has 0 aromatic heterocycles. The molecule has 1 aliphatic heterocycles. The molecule has 0 spiro atoms. The number of carboxylic acid groups (broad SMARTS) is 1. The summed E-state index contributed by atoms with van der Waals surface area (Å²) in [6.07, 6.45) is 3.17. The van der Waals surface area contributed by atoms with Crippen molar-refractivity contribution in [2.45, 2.75) is 25.7 Å². The first-order valence-electron chi connectivity index (χ1n) is 8.58. The highest BCUT2D eigenvalue weighted by atomic mass is 35.5. The van der Waals surface area contributed by atoms with Crippen molar-refractivity contribution in [1.29, 1.82) is 0 Å². The fourth-order valence-corrected chi connectivity index (χ4v) is 4.00. The summed E-state index contributed by atoms with van der Waals surface area (Å²) in [5.41, 5.74) is 1.07.